The van der Waals surface area contributed by atoms with Crippen LogP contribution < -0.4 is 10.6 Å². The van der Waals surface area contributed by atoms with E-state index < -0.39 is 35.7 Å². The molecule has 0 spiro atoms. The highest BCUT2D eigenvalue weighted by Gasteiger charge is 2.26. The van der Waals surface area contributed by atoms with E-state index in [1.54, 1.807) is 32.9 Å². The molecule has 0 aliphatic rings. The summed E-state index contributed by atoms with van der Waals surface area (Å²) in [4.78, 5) is 36.0. The van der Waals surface area contributed by atoms with Gasteiger partial charge in [-0.25, -0.2) is 9.59 Å². The average molecular weight is 366 g/mol. The Hall–Kier alpha value is -2.77. The summed E-state index contributed by atoms with van der Waals surface area (Å²) in [5, 5.41) is 14.3. The fourth-order valence-electron chi connectivity index (χ4n) is 2.05. The van der Waals surface area contributed by atoms with E-state index in [9.17, 15) is 19.5 Å². The molecule has 1 unspecified atom stereocenters. The summed E-state index contributed by atoms with van der Waals surface area (Å²) in [6, 6.07) is 4.41. The first kappa shape index (κ1) is 21.3. The molecule has 0 aliphatic heterocycles. The molecule has 0 heterocycles. The van der Waals surface area contributed by atoms with Gasteiger partial charge in [0.05, 0.1) is 7.11 Å². The Bertz CT molecular complexity index is 636. The minimum absolute atomic E-state index is 0.0996. The summed E-state index contributed by atoms with van der Waals surface area (Å²) in [5.74, 6) is -1.07. The van der Waals surface area contributed by atoms with Gasteiger partial charge in [0.1, 0.15) is 23.4 Å². The van der Waals surface area contributed by atoms with Gasteiger partial charge in [-0.15, -0.1) is 0 Å². The Labute approximate surface area is 152 Å². The van der Waals surface area contributed by atoms with Crippen molar-refractivity contribution in [3.63, 3.8) is 0 Å². The molecule has 2 atom stereocenters. The number of hydrogen-bond donors (Lipinski definition) is 3. The lowest BCUT2D eigenvalue weighted by Crippen LogP contribution is -2.51. The van der Waals surface area contributed by atoms with Crippen LogP contribution in [0, 0.1) is 0 Å². The fourth-order valence-corrected chi connectivity index (χ4v) is 2.05. The average Bonchev–Trinajstić information content (AvgIpc) is 2.53. The van der Waals surface area contributed by atoms with Gasteiger partial charge in [0.25, 0.3) is 0 Å². The van der Waals surface area contributed by atoms with Crippen LogP contribution in [0.5, 0.6) is 5.75 Å². The Morgan fingerprint density at radius 1 is 1.12 bits per heavy atom. The number of carbonyl (C=O) groups excluding carboxylic acids is 3. The van der Waals surface area contributed by atoms with Gasteiger partial charge in [-0.1, -0.05) is 12.1 Å². The maximum absolute atomic E-state index is 12.3. The molecule has 8 heteroatoms. The number of nitrogens with one attached hydrogen (secondary N) is 2. The molecule has 1 rings (SSSR count). The van der Waals surface area contributed by atoms with Gasteiger partial charge in [-0.3, -0.25) is 4.79 Å². The predicted molar refractivity (Wildman–Crippen MR) is 94.6 cm³/mol. The molecule has 0 saturated carbocycles. The van der Waals surface area contributed by atoms with Crippen LogP contribution >= 0.6 is 0 Å². The highest BCUT2D eigenvalue weighted by atomic mass is 16.6. The summed E-state index contributed by atoms with van der Waals surface area (Å²) >= 11 is 0. The van der Waals surface area contributed by atoms with Crippen LogP contribution in [0.1, 0.15) is 33.3 Å². The number of alkyl carbamates (subject to hydrolysis) is 1. The number of phenols is 1. The van der Waals surface area contributed by atoms with Gasteiger partial charge < -0.3 is 25.2 Å². The quantitative estimate of drug-likeness (QED) is 0.658. The zero-order valence-electron chi connectivity index (χ0n) is 15.7. The first-order valence-electron chi connectivity index (χ1n) is 8.17. The number of esters is 1. The van der Waals surface area contributed by atoms with Crippen molar-refractivity contribution in [1.82, 2.24) is 10.6 Å². The van der Waals surface area contributed by atoms with E-state index in [4.69, 9.17) is 9.47 Å². The van der Waals surface area contributed by atoms with E-state index in [2.05, 4.69) is 10.6 Å². The Balaban J connectivity index is 2.71. The molecule has 0 saturated heterocycles. The second-order valence-electron chi connectivity index (χ2n) is 6.82. The van der Waals surface area contributed by atoms with E-state index in [1.165, 1.54) is 26.2 Å². The monoisotopic (exact) mass is 366 g/mol. The van der Waals surface area contributed by atoms with Crippen molar-refractivity contribution < 1.29 is 29.0 Å². The number of amides is 2. The topological polar surface area (TPSA) is 114 Å². The molecule has 0 bridgehead atoms. The third kappa shape index (κ3) is 7.42. The first-order chi connectivity index (χ1) is 12.0. The highest BCUT2D eigenvalue weighted by Crippen LogP contribution is 2.12. The number of carbonyl (C=O) groups is 3. The number of benzene rings is 1. The standard InChI is InChI=1S/C18H26N2O6/c1-11(19-17(24)26-18(2,3)4)15(22)20-14(16(23)25-5)10-12-6-8-13(21)9-7-12/h6-9,11,14,21H,10H2,1-5H3,(H,19,24)(H,20,22)/t11-,14?/m0/s1. The van der Waals surface area contributed by atoms with Crippen LogP contribution in [-0.2, 0) is 25.5 Å². The molecule has 0 aliphatic carbocycles. The molecule has 26 heavy (non-hydrogen) atoms. The summed E-state index contributed by atoms with van der Waals surface area (Å²) in [6.07, 6.45) is -0.550. The van der Waals surface area contributed by atoms with Crippen molar-refractivity contribution in [1.29, 1.82) is 0 Å². The van der Waals surface area contributed by atoms with Crippen LogP contribution in [0.2, 0.25) is 0 Å². The van der Waals surface area contributed by atoms with E-state index in [0.717, 1.165) is 5.56 Å². The van der Waals surface area contributed by atoms with Gasteiger partial charge in [0.2, 0.25) is 5.91 Å². The van der Waals surface area contributed by atoms with Crippen LogP contribution in [0.15, 0.2) is 24.3 Å². The van der Waals surface area contributed by atoms with Crippen molar-refractivity contribution in [3.05, 3.63) is 29.8 Å². The first-order valence-corrected chi connectivity index (χ1v) is 8.17. The van der Waals surface area contributed by atoms with Gasteiger partial charge in [0.15, 0.2) is 0 Å². The molecule has 0 fully saturated rings. The molecule has 3 N–H and O–H groups in total. The Kier molecular flexibility index (Phi) is 7.42. The van der Waals surface area contributed by atoms with Crippen LogP contribution in [0.25, 0.3) is 0 Å². The fraction of sp³-hybridized carbons (Fsp3) is 0.500. The smallest absolute Gasteiger partial charge is 0.408 e. The van der Waals surface area contributed by atoms with Gasteiger partial charge in [-0.2, -0.15) is 0 Å². The number of ether oxygens (including phenoxy) is 2. The minimum Gasteiger partial charge on any atom is -0.508 e. The SMILES string of the molecule is COC(=O)C(Cc1ccc(O)cc1)NC(=O)[C@H](C)NC(=O)OC(C)(C)C. The second-order valence-corrected chi connectivity index (χ2v) is 6.82. The maximum atomic E-state index is 12.3. The predicted octanol–water partition coefficient (Wildman–Crippen LogP) is 1.51. The van der Waals surface area contributed by atoms with Crippen LogP contribution in [-0.4, -0.2) is 47.9 Å². The second kappa shape index (κ2) is 9.07. The largest absolute Gasteiger partial charge is 0.508 e. The van der Waals surface area contributed by atoms with Gasteiger partial charge >= 0.3 is 12.1 Å². The third-order valence-electron chi connectivity index (χ3n) is 3.30. The van der Waals surface area contributed by atoms with Gasteiger partial charge in [0, 0.05) is 6.42 Å². The van der Waals surface area contributed by atoms with Crippen molar-refractivity contribution in [2.45, 2.75) is 51.8 Å². The maximum Gasteiger partial charge on any atom is 0.408 e. The summed E-state index contributed by atoms with van der Waals surface area (Å²) < 4.78 is 9.81. The number of methoxy groups -OCH3 is 1. The summed E-state index contributed by atoms with van der Waals surface area (Å²) in [6.45, 7) is 6.61. The van der Waals surface area contributed by atoms with Crippen LogP contribution in [0.4, 0.5) is 4.79 Å². The Morgan fingerprint density at radius 2 is 1.69 bits per heavy atom. The van der Waals surface area contributed by atoms with Crippen LogP contribution in [0.3, 0.4) is 0 Å². The molecular formula is C18H26N2O6. The van der Waals surface area contributed by atoms with Crippen molar-refractivity contribution in [2.24, 2.45) is 0 Å². The van der Waals surface area contributed by atoms with Crippen molar-refractivity contribution in [3.8, 4) is 5.75 Å². The Morgan fingerprint density at radius 3 is 2.19 bits per heavy atom. The summed E-state index contributed by atoms with van der Waals surface area (Å²) in [5.41, 5.74) is 0.0412. The third-order valence-corrected chi connectivity index (χ3v) is 3.30. The molecular weight excluding hydrogens is 340 g/mol. The molecule has 144 valence electrons. The van der Waals surface area contributed by atoms with Crippen molar-refractivity contribution >= 4 is 18.0 Å². The highest BCUT2D eigenvalue weighted by molar-refractivity contribution is 5.89. The van der Waals surface area contributed by atoms with Gasteiger partial charge in [-0.05, 0) is 45.4 Å². The number of aromatic hydroxyl groups is 1. The zero-order chi connectivity index (χ0) is 19.9. The molecule has 8 nitrogen and oxygen atoms in total. The summed E-state index contributed by atoms with van der Waals surface area (Å²) in [7, 11) is 1.22. The van der Waals surface area contributed by atoms with Crippen molar-refractivity contribution in [2.75, 3.05) is 7.11 Å². The van der Waals surface area contributed by atoms with E-state index in [-0.39, 0.29) is 12.2 Å². The van der Waals surface area contributed by atoms with E-state index in [0.29, 0.717) is 0 Å². The number of phenolic OH excluding ortho intramolecular Hbond substituents is 1. The number of hydrogen-bond acceptors (Lipinski definition) is 6. The zero-order valence-corrected chi connectivity index (χ0v) is 15.7. The lowest BCUT2D eigenvalue weighted by Gasteiger charge is -2.23. The molecule has 2 amide bonds. The molecule has 1 aromatic carbocycles. The minimum atomic E-state index is -0.931. The lowest BCUT2D eigenvalue weighted by molar-refractivity contribution is -0.145. The normalized spacial score (nSPS) is 13.3. The number of rotatable bonds is 6. The molecule has 0 radical (unpaired) electrons. The van der Waals surface area contributed by atoms with E-state index >= 15 is 0 Å². The van der Waals surface area contributed by atoms with E-state index in [1.807, 2.05) is 0 Å². The lowest BCUT2D eigenvalue weighted by atomic mass is 10.1. The molecule has 1 aromatic rings. The molecule has 0 aromatic heterocycles.